The summed E-state index contributed by atoms with van der Waals surface area (Å²) in [5, 5.41) is 0. The highest BCUT2D eigenvalue weighted by Crippen LogP contribution is 2.41. The number of nitrogens with zero attached hydrogens (tertiary/aromatic N) is 4. The van der Waals surface area contributed by atoms with Gasteiger partial charge in [-0.2, -0.15) is 0 Å². The average molecular weight is 397 g/mol. The van der Waals surface area contributed by atoms with Crippen molar-refractivity contribution in [2.24, 2.45) is 4.99 Å². The normalized spacial score (nSPS) is 14.3. The summed E-state index contributed by atoms with van der Waals surface area (Å²) in [6.07, 6.45) is 9.02. The fraction of sp³-hybridized carbons (Fsp3) is 0.208. The number of nitrogen functional groups attached to an aromatic ring is 1. The van der Waals surface area contributed by atoms with Crippen LogP contribution in [0.4, 0.5) is 11.5 Å². The van der Waals surface area contributed by atoms with Crippen molar-refractivity contribution in [3.63, 3.8) is 0 Å². The molecule has 2 aromatic carbocycles. The molecule has 30 heavy (non-hydrogen) atoms. The zero-order chi connectivity index (χ0) is 20.5. The molecule has 1 saturated carbocycles. The van der Waals surface area contributed by atoms with Crippen LogP contribution < -0.4 is 10.5 Å². The topological polar surface area (TPSA) is 77.8 Å². The van der Waals surface area contributed by atoms with Gasteiger partial charge >= 0.3 is 0 Å². The maximum atomic E-state index is 6.27. The molecule has 2 N–H and O–H groups in total. The summed E-state index contributed by atoms with van der Waals surface area (Å²) in [4.78, 5) is 13.8. The Morgan fingerprint density at radius 1 is 1.17 bits per heavy atom. The monoisotopic (exact) mass is 397 g/mol. The second kappa shape index (κ2) is 7.63. The molecule has 6 nitrogen and oxygen atoms in total. The van der Waals surface area contributed by atoms with Gasteiger partial charge in [-0.15, -0.1) is 0 Å². The smallest absolute Gasteiger partial charge is 0.153 e. The van der Waals surface area contributed by atoms with Crippen molar-refractivity contribution in [1.82, 2.24) is 14.4 Å². The van der Waals surface area contributed by atoms with Gasteiger partial charge in [-0.3, -0.25) is 9.39 Å². The maximum absolute atomic E-state index is 6.27. The highest BCUT2D eigenvalue weighted by Gasteiger charge is 2.27. The van der Waals surface area contributed by atoms with Gasteiger partial charge < -0.3 is 10.5 Å². The first-order chi connectivity index (χ1) is 14.7. The van der Waals surface area contributed by atoms with E-state index in [1.807, 2.05) is 61.7 Å². The summed E-state index contributed by atoms with van der Waals surface area (Å²) in [6.45, 7) is 1.89. The molecule has 0 saturated heterocycles. The molecule has 0 atom stereocenters. The Hall–Kier alpha value is -3.67. The predicted molar refractivity (Wildman–Crippen MR) is 120 cm³/mol. The van der Waals surface area contributed by atoms with Crippen LogP contribution in [0.25, 0.3) is 16.8 Å². The minimum Gasteiger partial charge on any atom is -0.455 e. The van der Waals surface area contributed by atoms with E-state index in [1.54, 1.807) is 12.4 Å². The Morgan fingerprint density at radius 2 is 2.00 bits per heavy atom. The standard InChI is InChI=1S/C24H23N5O/c1-2-26-19-15-17(11-12-20(19)30-18-9-4-3-5-10-18)21-22-23(25)27-13-14-29(22)24(28-21)16-7-6-8-16/h2-5,9-16H,6-8H2,1H3,(H2,25,27). The molecule has 0 aliphatic heterocycles. The number of nitrogens with two attached hydrogens (primary N) is 1. The molecule has 1 fully saturated rings. The van der Waals surface area contributed by atoms with Gasteiger partial charge in [0.25, 0.3) is 0 Å². The molecule has 5 rings (SSSR count). The molecule has 2 aromatic heterocycles. The van der Waals surface area contributed by atoms with E-state index < -0.39 is 0 Å². The zero-order valence-corrected chi connectivity index (χ0v) is 16.8. The lowest BCUT2D eigenvalue weighted by Crippen LogP contribution is -2.12. The molecule has 6 heteroatoms. The highest BCUT2D eigenvalue weighted by molar-refractivity contribution is 5.87. The minimum absolute atomic E-state index is 0.474. The van der Waals surface area contributed by atoms with Gasteiger partial charge in [0, 0.05) is 30.1 Å². The van der Waals surface area contributed by atoms with Crippen LogP contribution in [-0.4, -0.2) is 20.6 Å². The fourth-order valence-corrected chi connectivity index (χ4v) is 3.85. The molecule has 4 aromatic rings. The number of imidazole rings is 1. The van der Waals surface area contributed by atoms with Gasteiger partial charge in [0.05, 0.1) is 0 Å². The summed E-state index contributed by atoms with van der Waals surface area (Å²) >= 11 is 0. The number of para-hydroxylation sites is 1. The van der Waals surface area contributed by atoms with Crippen molar-refractivity contribution in [3.8, 4) is 22.8 Å². The van der Waals surface area contributed by atoms with E-state index in [0.717, 1.165) is 46.9 Å². The van der Waals surface area contributed by atoms with Crippen molar-refractivity contribution in [2.75, 3.05) is 5.73 Å². The average Bonchev–Trinajstić information content (AvgIpc) is 3.10. The van der Waals surface area contributed by atoms with Crippen molar-refractivity contribution in [3.05, 3.63) is 66.7 Å². The van der Waals surface area contributed by atoms with Crippen LogP contribution in [0, 0.1) is 0 Å². The first-order valence-corrected chi connectivity index (χ1v) is 10.2. The van der Waals surface area contributed by atoms with Gasteiger partial charge in [0.1, 0.15) is 34.3 Å². The molecule has 1 aliphatic carbocycles. The second-order valence-electron chi connectivity index (χ2n) is 7.46. The van der Waals surface area contributed by atoms with Crippen molar-refractivity contribution in [1.29, 1.82) is 0 Å². The fourth-order valence-electron chi connectivity index (χ4n) is 3.85. The number of benzene rings is 2. The van der Waals surface area contributed by atoms with Crippen LogP contribution in [-0.2, 0) is 0 Å². The number of hydrogen-bond donors (Lipinski definition) is 1. The summed E-state index contributed by atoms with van der Waals surface area (Å²) in [6, 6.07) is 15.6. The third kappa shape index (κ3) is 3.20. The van der Waals surface area contributed by atoms with E-state index in [0.29, 0.717) is 17.5 Å². The Balaban J connectivity index is 1.62. The second-order valence-corrected chi connectivity index (χ2v) is 7.46. The number of hydrogen-bond acceptors (Lipinski definition) is 5. The highest BCUT2D eigenvalue weighted by atomic mass is 16.5. The van der Waals surface area contributed by atoms with E-state index in [2.05, 4.69) is 14.4 Å². The molecule has 1 aliphatic rings. The van der Waals surface area contributed by atoms with Gasteiger partial charge in [-0.1, -0.05) is 24.6 Å². The lowest BCUT2D eigenvalue weighted by molar-refractivity contribution is 0.400. The van der Waals surface area contributed by atoms with Crippen LogP contribution in [0.5, 0.6) is 11.5 Å². The van der Waals surface area contributed by atoms with Crippen molar-refractivity contribution >= 4 is 23.2 Å². The van der Waals surface area contributed by atoms with Crippen LogP contribution in [0.15, 0.2) is 65.9 Å². The van der Waals surface area contributed by atoms with Gasteiger partial charge in [0.15, 0.2) is 5.75 Å². The number of aliphatic imine (C=N–C) groups is 1. The molecule has 0 spiro atoms. The molecular weight excluding hydrogens is 374 g/mol. The third-order valence-electron chi connectivity index (χ3n) is 5.55. The lowest BCUT2D eigenvalue weighted by atomic mass is 9.85. The Morgan fingerprint density at radius 3 is 2.73 bits per heavy atom. The van der Waals surface area contributed by atoms with E-state index in [1.165, 1.54) is 6.42 Å². The van der Waals surface area contributed by atoms with Crippen LogP contribution in [0.3, 0.4) is 0 Å². The lowest BCUT2D eigenvalue weighted by Gasteiger charge is -2.23. The Bertz CT molecular complexity index is 1230. The molecule has 2 heterocycles. The number of aromatic nitrogens is 3. The SMILES string of the molecule is CC=Nc1cc(-c2nc(C3CCC3)n3ccnc(N)c23)ccc1Oc1ccccc1. The number of rotatable bonds is 5. The van der Waals surface area contributed by atoms with E-state index >= 15 is 0 Å². The number of fused-ring (bicyclic) bond motifs is 1. The zero-order valence-electron chi connectivity index (χ0n) is 16.8. The molecule has 0 bridgehead atoms. The predicted octanol–water partition coefficient (Wildman–Crippen LogP) is 5.76. The Kier molecular flexibility index (Phi) is 4.67. The van der Waals surface area contributed by atoms with Crippen molar-refractivity contribution < 1.29 is 4.74 Å². The van der Waals surface area contributed by atoms with Gasteiger partial charge in [-0.05, 0) is 50.1 Å². The summed E-state index contributed by atoms with van der Waals surface area (Å²) in [5.74, 6) is 3.48. The van der Waals surface area contributed by atoms with Crippen LogP contribution >= 0.6 is 0 Å². The minimum atomic E-state index is 0.474. The molecule has 150 valence electrons. The quantitative estimate of drug-likeness (QED) is 0.434. The summed E-state index contributed by atoms with van der Waals surface area (Å²) in [7, 11) is 0. The Labute approximate surface area is 175 Å². The largest absolute Gasteiger partial charge is 0.455 e. The number of anilines is 1. The first-order valence-electron chi connectivity index (χ1n) is 10.2. The maximum Gasteiger partial charge on any atom is 0.153 e. The third-order valence-corrected chi connectivity index (χ3v) is 5.55. The number of ether oxygens (including phenoxy) is 1. The van der Waals surface area contributed by atoms with Crippen LogP contribution in [0.2, 0.25) is 0 Å². The first kappa shape index (κ1) is 18.4. The summed E-state index contributed by atoms with van der Waals surface area (Å²) in [5.41, 5.74) is 9.64. The van der Waals surface area contributed by atoms with E-state index in [9.17, 15) is 0 Å². The molecular formula is C24H23N5O. The molecule has 0 unspecified atom stereocenters. The van der Waals surface area contributed by atoms with E-state index in [4.69, 9.17) is 15.5 Å². The van der Waals surface area contributed by atoms with Gasteiger partial charge in [-0.25, -0.2) is 9.97 Å². The molecule has 0 radical (unpaired) electrons. The van der Waals surface area contributed by atoms with Crippen molar-refractivity contribution in [2.45, 2.75) is 32.1 Å². The summed E-state index contributed by atoms with van der Waals surface area (Å²) < 4.78 is 8.15. The van der Waals surface area contributed by atoms with Crippen LogP contribution in [0.1, 0.15) is 37.9 Å². The van der Waals surface area contributed by atoms with Gasteiger partial charge in [0.2, 0.25) is 0 Å². The van der Waals surface area contributed by atoms with E-state index in [-0.39, 0.29) is 0 Å². The molecule has 0 amide bonds.